The first-order valence-corrected chi connectivity index (χ1v) is 14.9. The molecule has 0 aliphatic heterocycles. The van der Waals surface area contributed by atoms with Crippen molar-refractivity contribution in [1.29, 1.82) is 0 Å². The summed E-state index contributed by atoms with van der Waals surface area (Å²) >= 11 is 0. The van der Waals surface area contributed by atoms with Crippen molar-refractivity contribution >= 4 is 0 Å². The Morgan fingerprint density at radius 1 is 0.829 bits per heavy atom. The maximum atomic E-state index is 15.0. The average Bonchev–Trinajstić information content (AvgIpc) is 2.88. The highest BCUT2D eigenvalue weighted by Gasteiger charge is 2.26. The highest BCUT2D eigenvalue weighted by molar-refractivity contribution is 5.30. The quantitative estimate of drug-likeness (QED) is 0.182. The van der Waals surface area contributed by atoms with Crippen LogP contribution in [0.4, 0.5) is 8.78 Å². The van der Waals surface area contributed by atoms with Crippen LogP contribution in [-0.2, 0) is 6.42 Å². The SMILES string of the molecule is CCCCCCC1CCC(c2ccc(CCC=CC3CC=C(CCCCC)CC3)c(F)c2F)CC1. The zero-order valence-corrected chi connectivity index (χ0v) is 22.6. The molecule has 2 aliphatic carbocycles. The molecule has 196 valence electrons. The van der Waals surface area contributed by atoms with E-state index in [9.17, 15) is 8.78 Å². The van der Waals surface area contributed by atoms with Crippen LogP contribution in [0.2, 0.25) is 0 Å². The molecular formula is C33H50F2. The molecule has 0 radical (unpaired) electrons. The van der Waals surface area contributed by atoms with Gasteiger partial charge in [-0.1, -0.05) is 94.7 Å². The molecule has 1 aromatic carbocycles. The van der Waals surface area contributed by atoms with E-state index >= 15 is 0 Å². The summed E-state index contributed by atoms with van der Waals surface area (Å²) in [6, 6.07) is 3.74. The molecule has 35 heavy (non-hydrogen) atoms. The van der Waals surface area contributed by atoms with Crippen molar-refractivity contribution in [2.24, 2.45) is 11.8 Å². The first kappa shape index (κ1) is 28.1. The highest BCUT2D eigenvalue weighted by atomic mass is 19.2. The largest absolute Gasteiger partial charge is 0.203 e. The average molecular weight is 485 g/mol. The number of halogens is 2. The van der Waals surface area contributed by atoms with Crippen LogP contribution < -0.4 is 0 Å². The topological polar surface area (TPSA) is 0 Å². The van der Waals surface area contributed by atoms with Gasteiger partial charge in [0, 0.05) is 0 Å². The molecule has 2 aliphatic rings. The standard InChI is InChI=1S/C33H50F2/c1-3-5-7-9-13-28-20-22-29(23-21-28)31-25-24-30(32(34)33(31)35)15-11-10-14-27-18-16-26(17-19-27)12-8-6-4-2/h10,14,16,24-25,27-29H,3-9,11-13,15,17-23H2,1-2H3. The molecule has 1 saturated carbocycles. The maximum absolute atomic E-state index is 15.0. The van der Waals surface area contributed by atoms with Gasteiger partial charge in [-0.25, -0.2) is 8.78 Å². The van der Waals surface area contributed by atoms with E-state index in [2.05, 4.69) is 32.1 Å². The van der Waals surface area contributed by atoms with Crippen LogP contribution in [0.5, 0.6) is 0 Å². The fourth-order valence-corrected chi connectivity index (χ4v) is 6.17. The van der Waals surface area contributed by atoms with E-state index in [0.29, 0.717) is 23.5 Å². The van der Waals surface area contributed by atoms with Crippen molar-refractivity contribution in [3.8, 4) is 0 Å². The van der Waals surface area contributed by atoms with Crippen LogP contribution in [-0.4, -0.2) is 0 Å². The first-order chi connectivity index (χ1) is 17.1. The summed E-state index contributed by atoms with van der Waals surface area (Å²) in [6.45, 7) is 4.51. The van der Waals surface area contributed by atoms with Gasteiger partial charge in [0.15, 0.2) is 11.6 Å². The van der Waals surface area contributed by atoms with E-state index in [4.69, 9.17) is 0 Å². The Morgan fingerprint density at radius 3 is 2.31 bits per heavy atom. The number of hydrogen-bond acceptors (Lipinski definition) is 0. The van der Waals surface area contributed by atoms with E-state index in [0.717, 1.165) is 31.6 Å². The zero-order chi connectivity index (χ0) is 24.9. The van der Waals surface area contributed by atoms with Gasteiger partial charge in [0.05, 0.1) is 0 Å². The molecule has 1 fully saturated rings. The Balaban J connectivity index is 1.41. The Kier molecular flexibility index (Phi) is 12.6. The molecule has 0 bridgehead atoms. The smallest absolute Gasteiger partial charge is 0.162 e. The number of allylic oxidation sites excluding steroid dienone is 4. The fraction of sp³-hybridized carbons (Fsp3) is 0.697. The van der Waals surface area contributed by atoms with Crippen LogP contribution in [0.15, 0.2) is 35.9 Å². The third-order valence-corrected chi connectivity index (χ3v) is 8.58. The van der Waals surface area contributed by atoms with Crippen LogP contribution in [0.25, 0.3) is 0 Å². The van der Waals surface area contributed by atoms with Crippen molar-refractivity contribution in [3.05, 3.63) is 58.7 Å². The molecule has 0 N–H and O–H groups in total. The molecule has 1 aromatic rings. The van der Waals surface area contributed by atoms with Gasteiger partial charge in [0.1, 0.15) is 0 Å². The second-order valence-electron chi connectivity index (χ2n) is 11.3. The van der Waals surface area contributed by atoms with Crippen molar-refractivity contribution in [2.45, 2.75) is 135 Å². The van der Waals surface area contributed by atoms with Crippen LogP contribution in [0, 0.1) is 23.5 Å². The van der Waals surface area contributed by atoms with Gasteiger partial charge in [-0.2, -0.15) is 0 Å². The Labute approximate surface area is 214 Å². The summed E-state index contributed by atoms with van der Waals surface area (Å²) in [5.74, 6) is 0.405. The van der Waals surface area contributed by atoms with E-state index in [-0.39, 0.29) is 5.92 Å². The summed E-state index contributed by atoms with van der Waals surface area (Å²) in [4.78, 5) is 0. The molecule has 0 amide bonds. The minimum atomic E-state index is -0.602. The van der Waals surface area contributed by atoms with Gasteiger partial charge in [0.25, 0.3) is 0 Å². The van der Waals surface area contributed by atoms with Crippen LogP contribution >= 0.6 is 0 Å². The fourth-order valence-electron chi connectivity index (χ4n) is 6.17. The third-order valence-electron chi connectivity index (χ3n) is 8.58. The van der Waals surface area contributed by atoms with E-state index in [1.165, 1.54) is 83.5 Å². The van der Waals surface area contributed by atoms with Gasteiger partial charge in [-0.05, 0) is 99.5 Å². The van der Waals surface area contributed by atoms with Crippen LogP contribution in [0.3, 0.4) is 0 Å². The van der Waals surface area contributed by atoms with Gasteiger partial charge < -0.3 is 0 Å². The number of aryl methyl sites for hydroxylation is 1. The molecule has 0 nitrogen and oxygen atoms in total. The Bertz CT molecular complexity index is 798. The monoisotopic (exact) mass is 484 g/mol. The predicted octanol–water partition coefficient (Wildman–Crippen LogP) is 11.0. The van der Waals surface area contributed by atoms with Gasteiger partial charge in [-0.15, -0.1) is 0 Å². The minimum absolute atomic E-state index is 0.191. The van der Waals surface area contributed by atoms with E-state index in [1.807, 2.05) is 12.1 Å². The highest BCUT2D eigenvalue weighted by Crippen LogP contribution is 2.39. The molecule has 0 heterocycles. The van der Waals surface area contributed by atoms with Gasteiger partial charge >= 0.3 is 0 Å². The predicted molar refractivity (Wildman–Crippen MR) is 147 cm³/mol. The molecular weight excluding hydrogens is 434 g/mol. The lowest BCUT2D eigenvalue weighted by molar-refractivity contribution is 0.297. The second kappa shape index (κ2) is 15.6. The van der Waals surface area contributed by atoms with Crippen molar-refractivity contribution in [2.75, 3.05) is 0 Å². The molecule has 2 heteroatoms. The summed E-state index contributed by atoms with van der Waals surface area (Å²) in [7, 11) is 0. The summed E-state index contributed by atoms with van der Waals surface area (Å²) in [5, 5.41) is 0. The second-order valence-corrected chi connectivity index (χ2v) is 11.3. The van der Waals surface area contributed by atoms with Crippen molar-refractivity contribution < 1.29 is 8.78 Å². The van der Waals surface area contributed by atoms with Crippen LogP contribution in [0.1, 0.15) is 140 Å². The molecule has 0 spiro atoms. The summed E-state index contributed by atoms with van der Waals surface area (Å²) < 4.78 is 29.9. The lowest BCUT2D eigenvalue weighted by atomic mass is 9.76. The number of benzene rings is 1. The Hall–Kier alpha value is -1.44. The lowest BCUT2D eigenvalue weighted by Gasteiger charge is -2.29. The molecule has 0 aromatic heterocycles. The van der Waals surface area contributed by atoms with Crippen molar-refractivity contribution in [3.63, 3.8) is 0 Å². The van der Waals surface area contributed by atoms with Crippen molar-refractivity contribution in [1.82, 2.24) is 0 Å². The molecule has 0 saturated heterocycles. The van der Waals surface area contributed by atoms with E-state index < -0.39 is 11.6 Å². The summed E-state index contributed by atoms with van der Waals surface area (Å²) in [5.41, 5.74) is 2.79. The first-order valence-electron chi connectivity index (χ1n) is 14.9. The molecule has 3 rings (SSSR count). The number of hydrogen-bond donors (Lipinski definition) is 0. The molecule has 1 atom stereocenters. The summed E-state index contributed by atoms with van der Waals surface area (Å²) in [6.07, 6.45) is 28.0. The van der Waals surface area contributed by atoms with Gasteiger partial charge in [-0.3, -0.25) is 0 Å². The molecule has 1 unspecified atom stereocenters. The van der Waals surface area contributed by atoms with E-state index in [1.54, 1.807) is 5.57 Å². The maximum Gasteiger partial charge on any atom is 0.162 e. The normalized spacial score (nSPS) is 23.1. The number of unbranched alkanes of at least 4 members (excludes halogenated alkanes) is 5. The Morgan fingerprint density at radius 2 is 1.60 bits per heavy atom. The van der Waals surface area contributed by atoms with Gasteiger partial charge in [0.2, 0.25) is 0 Å². The lowest BCUT2D eigenvalue weighted by Crippen LogP contribution is -2.15. The third kappa shape index (κ3) is 9.18. The zero-order valence-electron chi connectivity index (χ0n) is 22.6. The minimum Gasteiger partial charge on any atom is -0.203 e. The number of rotatable bonds is 14.